The Morgan fingerprint density at radius 2 is 1.62 bits per heavy atom. The fourth-order valence-corrected chi connectivity index (χ4v) is 4.43. The summed E-state index contributed by atoms with van der Waals surface area (Å²) >= 11 is 0. The number of methoxy groups -OCH3 is 1. The van der Waals surface area contributed by atoms with Crippen molar-refractivity contribution in [3.8, 4) is 16.9 Å². The van der Waals surface area contributed by atoms with Crippen LogP contribution in [0.5, 0.6) is 5.75 Å². The zero-order valence-corrected chi connectivity index (χ0v) is 22.0. The van der Waals surface area contributed by atoms with E-state index in [0.717, 1.165) is 37.5 Å². The van der Waals surface area contributed by atoms with Crippen LogP contribution in [0, 0.1) is 10.1 Å². The Labute approximate surface area is 230 Å². The maximum absolute atomic E-state index is 13.2. The van der Waals surface area contributed by atoms with E-state index in [9.17, 15) is 24.8 Å². The van der Waals surface area contributed by atoms with Crippen LogP contribution in [0.4, 0.5) is 5.95 Å². The number of nitrogens with one attached hydrogen (secondary N) is 1. The summed E-state index contributed by atoms with van der Waals surface area (Å²) in [4.78, 5) is 40.2. The van der Waals surface area contributed by atoms with Crippen LogP contribution in [0.3, 0.4) is 0 Å². The molecule has 4 rings (SSSR count). The van der Waals surface area contributed by atoms with Gasteiger partial charge in [0.05, 0.1) is 19.3 Å². The number of carbonyl (C=O) groups excluding carboxylic acids is 1. The molecule has 0 radical (unpaired) electrons. The summed E-state index contributed by atoms with van der Waals surface area (Å²) in [5.41, 5.74) is 3.86. The first-order chi connectivity index (χ1) is 19.3. The van der Waals surface area contributed by atoms with Crippen molar-refractivity contribution in [2.24, 2.45) is 0 Å². The highest BCUT2D eigenvalue weighted by Gasteiger charge is 2.28. The Morgan fingerprint density at radius 1 is 1.02 bits per heavy atom. The minimum absolute atomic E-state index is 0.382. The third-order valence-electron chi connectivity index (χ3n) is 6.46. The molecule has 2 unspecified atom stereocenters. The molecule has 40 heavy (non-hydrogen) atoms. The molecule has 2 N–H and O–H groups in total. The molecule has 0 saturated heterocycles. The number of carboxylic acids is 1. The minimum atomic E-state index is -1.21. The van der Waals surface area contributed by atoms with E-state index in [2.05, 4.69) is 10.3 Å². The second-order valence-corrected chi connectivity index (χ2v) is 9.06. The van der Waals surface area contributed by atoms with E-state index in [1.165, 1.54) is 12.4 Å². The summed E-state index contributed by atoms with van der Waals surface area (Å²) < 4.78 is 6.32. The number of aliphatic carboxylic acids is 1. The molecule has 0 aliphatic heterocycles. The van der Waals surface area contributed by atoms with Crippen molar-refractivity contribution in [1.29, 1.82) is 0 Å². The van der Waals surface area contributed by atoms with Gasteiger partial charge in [-0.3, -0.25) is 14.9 Å². The predicted molar refractivity (Wildman–Crippen MR) is 148 cm³/mol. The molecular weight excluding hydrogens is 514 g/mol. The molecule has 1 aromatic heterocycles. The predicted octanol–water partition coefficient (Wildman–Crippen LogP) is 4.11. The van der Waals surface area contributed by atoms with E-state index in [4.69, 9.17) is 4.74 Å². The number of rotatable bonds is 12. The average molecular weight is 544 g/mol. The van der Waals surface area contributed by atoms with Gasteiger partial charge in [-0.25, -0.2) is 4.57 Å². The first-order valence-electron chi connectivity index (χ1n) is 12.5. The topological polar surface area (TPSA) is 140 Å². The molecule has 206 valence electrons. The van der Waals surface area contributed by atoms with Crippen molar-refractivity contribution in [1.82, 2.24) is 19.8 Å². The number of amides is 1. The van der Waals surface area contributed by atoms with Gasteiger partial charge in [0.25, 0.3) is 5.91 Å². The number of ether oxygens (including phenoxy) is 1. The third kappa shape index (κ3) is 6.69. The van der Waals surface area contributed by atoms with Crippen molar-refractivity contribution in [3.05, 3.63) is 112 Å². The lowest BCUT2D eigenvalue weighted by Gasteiger charge is -2.32. The van der Waals surface area contributed by atoms with Gasteiger partial charge < -0.3 is 24.9 Å². The van der Waals surface area contributed by atoms with Crippen LogP contribution in [0.15, 0.2) is 91.3 Å². The SMILES string of the molecule is COc1ccc(-c2ccc(C(NC(C)N(CC(=O)O)C(=O)Cn3ccnc3[N+](=O)[O-])c3ccccc3)cc2)cc1. The second kappa shape index (κ2) is 12.7. The summed E-state index contributed by atoms with van der Waals surface area (Å²) in [6, 6.07) is 24.9. The van der Waals surface area contributed by atoms with E-state index in [0.29, 0.717) is 0 Å². The number of imidazole rings is 1. The molecule has 2 atom stereocenters. The van der Waals surface area contributed by atoms with Crippen LogP contribution >= 0.6 is 0 Å². The first-order valence-corrected chi connectivity index (χ1v) is 12.5. The van der Waals surface area contributed by atoms with Crippen molar-refractivity contribution in [2.45, 2.75) is 25.7 Å². The number of carbonyl (C=O) groups is 2. The van der Waals surface area contributed by atoms with Crippen molar-refractivity contribution < 1.29 is 24.4 Å². The van der Waals surface area contributed by atoms with Crippen LogP contribution in [0.2, 0.25) is 0 Å². The van der Waals surface area contributed by atoms with Crippen LogP contribution in [-0.2, 0) is 16.1 Å². The van der Waals surface area contributed by atoms with Crippen molar-refractivity contribution in [3.63, 3.8) is 0 Å². The van der Waals surface area contributed by atoms with E-state index in [1.807, 2.05) is 78.9 Å². The molecule has 11 heteroatoms. The fraction of sp³-hybridized carbons (Fsp3) is 0.207. The molecule has 0 saturated carbocycles. The summed E-state index contributed by atoms with van der Waals surface area (Å²) in [7, 11) is 1.62. The zero-order chi connectivity index (χ0) is 28.6. The van der Waals surface area contributed by atoms with E-state index in [1.54, 1.807) is 14.0 Å². The lowest BCUT2D eigenvalue weighted by molar-refractivity contribution is -0.396. The second-order valence-electron chi connectivity index (χ2n) is 9.06. The highest BCUT2D eigenvalue weighted by atomic mass is 16.6. The molecule has 1 amide bonds. The fourth-order valence-electron chi connectivity index (χ4n) is 4.43. The molecule has 0 aliphatic carbocycles. The highest BCUT2D eigenvalue weighted by molar-refractivity contribution is 5.81. The quantitative estimate of drug-likeness (QED) is 0.155. The highest BCUT2D eigenvalue weighted by Crippen LogP contribution is 2.28. The number of benzene rings is 3. The molecule has 0 spiro atoms. The Kier molecular flexibility index (Phi) is 8.87. The minimum Gasteiger partial charge on any atom is -0.497 e. The van der Waals surface area contributed by atoms with Gasteiger partial charge >= 0.3 is 11.9 Å². The van der Waals surface area contributed by atoms with Gasteiger partial charge in [0.2, 0.25) is 0 Å². The monoisotopic (exact) mass is 543 g/mol. The molecule has 0 aliphatic rings. The van der Waals surface area contributed by atoms with Gasteiger partial charge in [0.15, 0.2) is 6.54 Å². The summed E-state index contributed by atoms with van der Waals surface area (Å²) in [6.45, 7) is 0.667. The molecule has 0 fully saturated rings. The normalized spacial score (nSPS) is 12.3. The molecule has 3 aromatic carbocycles. The Morgan fingerprint density at radius 3 is 2.20 bits per heavy atom. The maximum atomic E-state index is 13.2. The number of nitro groups is 1. The van der Waals surface area contributed by atoms with Gasteiger partial charge in [-0.1, -0.05) is 71.7 Å². The smallest absolute Gasteiger partial charge is 0.435 e. The zero-order valence-electron chi connectivity index (χ0n) is 22.0. The standard InChI is InChI=1S/C29H29N5O6/c1-20(33(19-27(36)37)26(35)18-32-17-16-30-29(32)34(38)39)31-28(23-6-4-3-5-7-23)24-10-8-21(9-11-24)22-12-14-25(40-2)15-13-22/h3-17,20,28,31H,18-19H2,1-2H3,(H,36,37). The third-order valence-corrected chi connectivity index (χ3v) is 6.46. The van der Waals surface area contributed by atoms with Gasteiger partial charge in [0, 0.05) is 0 Å². The summed E-state index contributed by atoms with van der Waals surface area (Å²) in [6.07, 6.45) is 1.79. The van der Waals surface area contributed by atoms with E-state index in [-0.39, 0.29) is 6.04 Å². The van der Waals surface area contributed by atoms with Crippen molar-refractivity contribution in [2.75, 3.05) is 13.7 Å². The first kappa shape index (κ1) is 28.0. The number of carboxylic acid groups (broad SMARTS) is 1. The number of nitrogens with zero attached hydrogens (tertiary/aromatic N) is 4. The largest absolute Gasteiger partial charge is 0.497 e. The number of hydrogen-bond donors (Lipinski definition) is 2. The van der Waals surface area contributed by atoms with Gasteiger partial charge in [-0.05, 0) is 46.2 Å². The maximum Gasteiger partial charge on any atom is 0.435 e. The van der Waals surface area contributed by atoms with E-state index < -0.39 is 42.0 Å². The van der Waals surface area contributed by atoms with Gasteiger partial charge in [-0.15, -0.1) is 0 Å². The Balaban J connectivity index is 1.60. The molecular formula is C29H29N5O6. The molecule has 4 aromatic rings. The summed E-state index contributed by atoms with van der Waals surface area (Å²) in [5, 5.41) is 24.2. The number of hydrogen-bond acceptors (Lipinski definition) is 7. The molecule has 1 heterocycles. The molecule has 0 bridgehead atoms. The molecule has 11 nitrogen and oxygen atoms in total. The Bertz CT molecular complexity index is 1450. The lowest BCUT2D eigenvalue weighted by Crippen LogP contribution is -2.51. The average Bonchev–Trinajstić information content (AvgIpc) is 3.43. The summed E-state index contributed by atoms with van der Waals surface area (Å²) in [5.74, 6) is -1.54. The van der Waals surface area contributed by atoms with Gasteiger partial charge in [0.1, 0.15) is 24.7 Å². The van der Waals surface area contributed by atoms with Crippen LogP contribution in [0.1, 0.15) is 24.1 Å². The van der Waals surface area contributed by atoms with Crippen LogP contribution in [0.25, 0.3) is 11.1 Å². The van der Waals surface area contributed by atoms with Crippen LogP contribution < -0.4 is 10.1 Å². The van der Waals surface area contributed by atoms with Crippen molar-refractivity contribution >= 4 is 17.8 Å². The van der Waals surface area contributed by atoms with E-state index >= 15 is 0 Å². The van der Waals surface area contributed by atoms with Crippen LogP contribution in [-0.4, -0.2) is 56.2 Å². The van der Waals surface area contributed by atoms with Gasteiger partial charge in [-0.2, -0.15) is 0 Å². The lowest BCUT2D eigenvalue weighted by atomic mass is 9.96. The Hall–Kier alpha value is -5.03. The number of aromatic nitrogens is 2.